The standard InChI is InChI=1S/C39H37F3N2O7S/c40-39(41,42)38(49)44-18-4-8-32(44)35(46)43-21-25-5-3-6-29(19-25)26-14-16-28(17-15-26)37-50-30(23-52-34-9-2-1-7-31(34)36(47)48)20-33(51-37)27-12-10-24(22-45)11-13-27/h1-3,5-7,9-17,19,30,32-33,37,45H,4,8,18,20-23H2,(H,43,46)(H,47,48)/t30-,32+,33+,37+/m1/s1. The van der Waals surface area contributed by atoms with Crippen LogP contribution in [0.3, 0.4) is 0 Å². The molecule has 13 heteroatoms. The van der Waals surface area contributed by atoms with Crippen molar-refractivity contribution in [3.8, 4) is 11.1 Å². The van der Waals surface area contributed by atoms with Crippen LogP contribution in [-0.4, -0.2) is 63.5 Å². The smallest absolute Gasteiger partial charge is 0.471 e. The number of nitrogens with zero attached hydrogens (tertiary/aromatic N) is 1. The number of carboxylic acids is 1. The van der Waals surface area contributed by atoms with Gasteiger partial charge in [-0.1, -0.05) is 78.9 Å². The molecule has 0 aliphatic carbocycles. The Kier molecular flexibility index (Phi) is 11.6. The number of alkyl halides is 3. The summed E-state index contributed by atoms with van der Waals surface area (Å²) in [7, 11) is 0. The number of aromatic carboxylic acids is 1. The molecule has 2 aliphatic heterocycles. The zero-order chi connectivity index (χ0) is 36.8. The average molecular weight is 735 g/mol. The van der Waals surface area contributed by atoms with Crippen LogP contribution in [0.1, 0.15) is 64.3 Å². The number of amides is 2. The van der Waals surface area contributed by atoms with Gasteiger partial charge in [-0.05, 0) is 58.9 Å². The molecule has 52 heavy (non-hydrogen) atoms. The first-order chi connectivity index (χ1) is 25.0. The van der Waals surface area contributed by atoms with E-state index in [1.165, 1.54) is 11.8 Å². The normalized spacial score (nSPS) is 20.4. The van der Waals surface area contributed by atoms with Crippen molar-refractivity contribution < 1.29 is 47.2 Å². The van der Waals surface area contributed by atoms with Crippen molar-refractivity contribution >= 4 is 29.5 Å². The molecule has 2 saturated heterocycles. The highest BCUT2D eigenvalue weighted by Gasteiger charge is 2.47. The van der Waals surface area contributed by atoms with Crippen molar-refractivity contribution in [3.63, 3.8) is 0 Å². The number of carbonyl (C=O) groups is 3. The van der Waals surface area contributed by atoms with Gasteiger partial charge in [-0.3, -0.25) is 9.59 Å². The van der Waals surface area contributed by atoms with Crippen LogP contribution in [0.25, 0.3) is 11.1 Å². The molecule has 4 aromatic rings. The van der Waals surface area contributed by atoms with Gasteiger partial charge in [0.15, 0.2) is 6.29 Å². The van der Waals surface area contributed by atoms with E-state index in [1.807, 2.05) is 66.7 Å². The maximum absolute atomic E-state index is 13.0. The summed E-state index contributed by atoms with van der Waals surface area (Å²) in [4.78, 5) is 37.6. The zero-order valence-electron chi connectivity index (χ0n) is 27.9. The number of carboxylic acid groups (broad SMARTS) is 1. The third-order valence-corrected chi connectivity index (χ3v) is 10.3. The largest absolute Gasteiger partial charge is 0.478 e. The summed E-state index contributed by atoms with van der Waals surface area (Å²) in [5.41, 5.74) is 5.18. The summed E-state index contributed by atoms with van der Waals surface area (Å²) in [6, 6.07) is 28.3. The Bertz CT molecular complexity index is 1890. The van der Waals surface area contributed by atoms with Crippen molar-refractivity contribution in [1.29, 1.82) is 0 Å². The fourth-order valence-corrected chi connectivity index (χ4v) is 7.49. The number of aliphatic hydroxyl groups excluding tert-OH is 1. The van der Waals surface area contributed by atoms with Crippen LogP contribution in [0.5, 0.6) is 0 Å². The number of rotatable bonds is 11. The number of halogens is 3. The number of likely N-dealkylation sites (tertiary alicyclic amines) is 1. The molecule has 4 atom stereocenters. The molecular formula is C39H37F3N2O7S. The summed E-state index contributed by atoms with van der Waals surface area (Å²) in [5, 5.41) is 21.8. The van der Waals surface area contributed by atoms with Crippen molar-refractivity contribution in [1.82, 2.24) is 10.2 Å². The second kappa shape index (κ2) is 16.3. The maximum atomic E-state index is 13.0. The highest BCUT2D eigenvalue weighted by molar-refractivity contribution is 7.99. The molecule has 0 unspecified atom stereocenters. The van der Waals surface area contributed by atoms with Gasteiger partial charge in [-0.2, -0.15) is 13.2 Å². The van der Waals surface area contributed by atoms with Crippen LogP contribution < -0.4 is 5.32 Å². The number of benzene rings is 4. The van der Waals surface area contributed by atoms with Gasteiger partial charge in [0.1, 0.15) is 6.04 Å². The Morgan fingerprint density at radius 2 is 1.60 bits per heavy atom. The Hall–Kier alpha value is -4.69. The maximum Gasteiger partial charge on any atom is 0.471 e. The van der Waals surface area contributed by atoms with Crippen molar-refractivity contribution in [3.05, 3.63) is 125 Å². The van der Waals surface area contributed by atoms with Gasteiger partial charge in [0.2, 0.25) is 5.91 Å². The second-order valence-electron chi connectivity index (χ2n) is 12.7. The molecule has 2 fully saturated rings. The fraction of sp³-hybridized carbons (Fsp3) is 0.308. The molecule has 9 nitrogen and oxygen atoms in total. The third-order valence-electron chi connectivity index (χ3n) is 9.13. The Morgan fingerprint density at radius 3 is 2.31 bits per heavy atom. The molecule has 272 valence electrons. The third kappa shape index (κ3) is 8.84. The molecule has 0 radical (unpaired) electrons. The first kappa shape index (κ1) is 37.1. The average Bonchev–Trinajstić information content (AvgIpc) is 3.66. The molecule has 6 rings (SSSR count). The summed E-state index contributed by atoms with van der Waals surface area (Å²) in [6.07, 6.45) is -5.31. The lowest BCUT2D eigenvalue weighted by molar-refractivity contribution is -0.245. The first-order valence-corrected chi connectivity index (χ1v) is 17.8. The number of hydrogen-bond acceptors (Lipinski definition) is 7. The summed E-state index contributed by atoms with van der Waals surface area (Å²) >= 11 is 1.42. The molecule has 0 spiro atoms. The summed E-state index contributed by atoms with van der Waals surface area (Å²) < 4.78 is 51.9. The lowest BCUT2D eigenvalue weighted by Crippen LogP contribution is -2.50. The number of aliphatic hydroxyl groups is 1. The van der Waals surface area contributed by atoms with Gasteiger partial charge in [-0.25, -0.2) is 4.79 Å². The fourth-order valence-electron chi connectivity index (χ4n) is 6.42. The minimum absolute atomic E-state index is 0.0730. The van der Waals surface area contributed by atoms with E-state index in [2.05, 4.69) is 5.32 Å². The monoisotopic (exact) mass is 734 g/mol. The molecule has 0 aromatic heterocycles. The number of thioether (sulfide) groups is 1. The van der Waals surface area contributed by atoms with E-state index in [1.54, 1.807) is 30.3 Å². The van der Waals surface area contributed by atoms with Crippen molar-refractivity contribution in [2.24, 2.45) is 0 Å². The predicted molar refractivity (Wildman–Crippen MR) is 187 cm³/mol. The van der Waals surface area contributed by atoms with E-state index in [0.29, 0.717) is 28.4 Å². The van der Waals surface area contributed by atoms with Crippen LogP contribution in [-0.2, 0) is 32.2 Å². The van der Waals surface area contributed by atoms with Crippen molar-refractivity contribution in [2.45, 2.75) is 68.0 Å². The SMILES string of the molecule is O=C(O)c1ccccc1SC[C@H]1C[C@@H](c2ccc(CO)cc2)O[C@@H](c2ccc(-c3cccc(CNC(=O)[C@@H]4CCCN4C(=O)C(F)(F)F)c3)cc2)O1. The lowest BCUT2D eigenvalue weighted by Gasteiger charge is -2.36. The molecule has 4 aromatic carbocycles. The van der Waals surface area contributed by atoms with E-state index in [0.717, 1.165) is 33.4 Å². The van der Waals surface area contributed by atoms with Crippen molar-refractivity contribution in [2.75, 3.05) is 12.3 Å². The van der Waals surface area contributed by atoms with E-state index >= 15 is 0 Å². The lowest BCUT2D eigenvalue weighted by atomic mass is 9.99. The first-order valence-electron chi connectivity index (χ1n) is 16.8. The Labute approximate surface area is 302 Å². The minimum atomic E-state index is -5.03. The van der Waals surface area contributed by atoms with E-state index < -0.39 is 36.3 Å². The molecule has 2 heterocycles. The predicted octanol–water partition coefficient (Wildman–Crippen LogP) is 7.05. The van der Waals surface area contributed by atoms with Gasteiger partial charge >= 0.3 is 18.1 Å². The highest BCUT2D eigenvalue weighted by Crippen LogP contribution is 2.40. The quantitative estimate of drug-likeness (QED) is 0.140. The highest BCUT2D eigenvalue weighted by atomic mass is 32.2. The van der Waals surface area contributed by atoms with Gasteiger partial charge in [0, 0.05) is 35.7 Å². The molecule has 2 amide bonds. The zero-order valence-corrected chi connectivity index (χ0v) is 28.7. The molecule has 2 aliphatic rings. The van der Waals surface area contributed by atoms with E-state index in [4.69, 9.17) is 9.47 Å². The summed E-state index contributed by atoms with van der Waals surface area (Å²) in [6.45, 7) is -0.106. The van der Waals surface area contributed by atoms with Crippen LogP contribution in [0.15, 0.2) is 102 Å². The van der Waals surface area contributed by atoms with Crippen LogP contribution >= 0.6 is 11.8 Å². The van der Waals surface area contributed by atoms with Gasteiger partial charge in [0.05, 0.1) is 24.4 Å². The van der Waals surface area contributed by atoms with E-state index in [9.17, 15) is 37.8 Å². The molecule has 0 bridgehead atoms. The number of nitrogens with one attached hydrogen (secondary N) is 1. The molecule has 0 saturated carbocycles. The van der Waals surface area contributed by atoms with E-state index in [-0.39, 0.29) is 43.9 Å². The Morgan fingerprint density at radius 1 is 0.865 bits per heavy atom. The van der Waals surface area contributed by atoms with Crippen LogP contribution in [0.2, 0.25) is 0 Å². The molecule has 3 N–H and O–H groups in total. The number of hydrogen-bond donors (Lipinski definition) is 3. The summed E-state index contributed by atoms with van der Waals surface area (Å²) in [5.74, 6) is -3.12. The van der Waals surface area contributed by atoms with Gasteiger partial charge < -0.3 is 29.9 Å². The van der Waals surface area contributed by atoms with Gasteiger partial charge in [-0.15, -0.1) is 11.8 Å². The second-order valence-corrected chi connectivity index (χ2v) is 13.7. The molecular weight excluding hydrogens is 697 g/mol. The van der Waals surface area contributed by atoms with Crippen LogP contribution in [0, 0.1) is 0 Å². The number of ether oxygens (including phenoxy) is 2. The minimum Gasteiger partial charge on any atom is -0.478 e. The van der Waals surface area contributed by atoms with Gasteiger partial charge in [0.25, 0.3) is 0 Å². The topological polar surface area (TPSA) is 125 Å². The number of carbonyl (C=O) groups excluding carboxylic acids is 2. The Balaban J connectivity index is 1.14. The van der Waals surface area contributed by atoms with Crippen LogP contribution in [0.4, 0.5) is 13.2 Å².